The zero-order valence-corrected chi connectivity index (χ0v) is 16.8. The highest BCUT2D eigenvalue weighted by atomic mass is 16.3. The lowest BCUT2D eigenvalue weighted by atomic mass is 9.97. The average Bonchev–Trinajstić information content (AvgIpc) is 3.37. The largest absolute Gasteiger partial charge is 0.503 e. The molecule has 7 nitrogen and oxygen atoms in total. The molecule has 2 N–H and O–H groups in total. The van der Waals surface area contributed by atoms with E-state index in [9.17, 15) is 9.90 Å². The predicted octanol–water partition coefficient (Wildman–Crippen LogP) is 2.94. The maximum absolute atomic E-state index is 12.5. The van der Waals surface area contributed by atoms with E-state index in [0.29, 0.717) is 18.8 Å². The van der Waals surface area contributed by atoms with E-state index < -0.39 is 5.43 Å². The van der Waals surface area contributed by atoms with Crippen molar-refractivity contribution in [3.05, 3.63) is 70.9 Å². The number of hydrogen-bond acceptors (Lipinski definition) is 5. The van der Waals surface area contributed by atoms with Crippen LogP contribution in [-0.2, 0) is 18.5 Å². The van der Waals surface area contributed by atoms with Crippen molar-refractivity contribution in [2.24, 2.45) is 0 Å². The number of aromatic nitrogens is 4. The zero-order chi connectivity index (χ0) is 20.7. The molecule has 1 saturated carbocycles. The van der Waals surface area contributed by atoms with Gasteiger partial charge in [-0.15, -0.1) is 0 Å². The Labute approximate surface area is 174 Å². The molecule has 2 aliphatic heterocycles. The molecular weight excluding hydrogens is 378 g/mol. The van der Waals surface area contributed by atoms with E-state index in [-0.39, 0.29) is 17.0 Å². The molecule has 5 heterocycles. The van der Waals surface area contributed by atoms with Crippen LogP contribution in [-0.4, -0.2) is 31.0 Å². The predicted molar refractivity (Wildman–Crippen MR) is 116 cm³/mol. The lowest BCUT2D eigenvalue weighted by Crippen LogP contribution is -2.36. The first-order chi connectivity index (χ1) is 14.6. The molecule has 0 aromatic carbocycles. The Morgan fingerprint density at radius 1 is 1.23 bits per heavy atom. The smallest absolute Gasteiger partial charge is 0.251 e. The SMILES string of the molecule is C=C1NC/C=C\Cc2cnc3c(ccn3C3(CCCC3)Cn3cc(O)c(=O)c1n3)c2. The number of nitrogens with zero attached hydrogens (tertiary/aromatic N) is 4. The molecule has 3 aromatic heterocycles. The molecule has 1 aliphatic carbocycles. The average molecular weight is 403 g/mol. The van der Waals surface area contributed by atoms with Crippen LogP contribution >= 0.6 is 0 Å². The molecule has 0 unspecified atom stereocenters. The molecule has 3 aliphatic rings. The van der Waals surface area contributed by atoms with Crippen molar-refractivity contribution in [2.75, 3.05) is 6.54 Å². The van der Waals surface area contributed by atoms with Crippen LogP contribution in [0, 0.1) is 0 Å². The summed E-state index contributed by atoms with van der Waals surface area (Å²) in [4.78, 5) is 17.3. The number of pyridine rings is 1. The molecular formula is C23H25N5O2. The van der Waals surface area contributed by atoms with E-state index in [0.717, 1.165) is 48.7 Å². The fourth-order valence-corrected chi connectivity index (χ4v) is 4.74. The van der Waals surface area contributed by atoms with Crippen LogP contribution in [0.15, 0.2) is 54.2 Å². The Morgan fingerprint density at radius 3 is 2.90 bits per heavy atom. The van der Waals surface area contributed by atoms with Gasteiger partial charge in [0.15, 0.2) is 11.4 Å². The van der Waals surface area contributed by atoms with Gasteiger partial charge in [-0.3, -0.25) is 9.48 Å². The second-order valence-corrected chi connectivity index (χ2v) is 8.30. The first-order valence-corrected chi connectivity index (χ1v) is 10.4. The monoisotopic (exact) mass is 403 g/mol. The van der Waals surface area contributed by atoms with E-state index in [1.165, 1.54) is 6.20 Å². The van der Waals surface area contributed by atoms with Crippen LogP contribution in [0.1, 0.15) is 36.9 Å². The Kier molecular flexibility index (Phi) is 4.46. The molecule has 0 saturated heterocycles. The van der Waals surface area contributed by atoms with Gasteiger partial charge in [-0.25, -0.2) is 4.98 Å². The summed E-state index contributed by atoms with van der Waals surface area (Å²) in [5.74, 6) is -0.312. The number of aromatic hydroxyl groups is 1. The summed E-state index contributed by atoms with van der Waals surface area (Å²) in [6.45, 7) is 5.03. The van der Waals surface area contributed by atoms with Gasteiger partial charge >= 0.3 is 0 Å². The minimum atomic E-state index is -0.505. The zero-order valence-electron chi connectivity index (χ0n) is 16.8. The molecule has 7 heteroatoms. The van der Waals surface area contributed by atoms with Gasteiger partial charge in [0.05, 0.1) is 24.0 Å². The fourth-order valence-electron chi connectivity index (χ4n) is 4.74. The maximum atomic E-state index is 12.5. The number of nitrogens with one attached hydrogen (secondary N) is 1. The number of fused-ring (bicyclic) bond motifs is 5. The minimum absolute atomic E-state index is 0.155. The Hall–Kier alpha value is -3.35. The number of rotatable bonds is 0. The molecule has 0 radical (unpaired) electrons. The number of hydrogen-bond donors (Lipinski definition) is 2. The van der Waals surface area contributed by atoms with E-state index in [2.05, 4.69) is 46.0 Å². The van der Waals surface area contributed by atoms with Crippen molar-refractivity contribution in [1.29, 1.82) is 0 Å². The van der Waals surface area contributed by atoms with E-state index >= 15 is 0 Å². The highest BCUT2D eigenvalue weighted by Gasteiger charge is 2.37. The molecule has 3 aromatic rings. The first kappa shape index (κ1) is 18.7. The summed E-state index contributed by atoms with van der Waals surface area (Å²) in [7, 11) is 0. The molecule has 1 spiro atoms. The molecule has 154 valence electrons. The summed E-state index contributed by atoms with van der Waals surface area (Å²) < 4.78 is 3.95. The van der Waals surface area contributed by atoms with Crippen molar-refractivity contribution in [3.8, 4) is 5.75 Å². The van der Waals surface area contributed by atoms with Gasteiger partial charge in [-0.2, -0.15) is 5.10 Å². The van der Waals surface area contributed by atoms with Gasteiger partial charge in [-0.05, 0) is 37.0 Å². The minimum Gasteiger partial charge on any atom is -0.503 e. The highest BCUT2D eigenvalue weighted by Crippen LogP contribution is 2.40. The van der Waals surface area contributed by atoms with Gasteiger partial charge in [0.25, 0.3) is 5.43 Å². The fraction of sp³-hybridized carbons (Fsp3) is 0.348. The van der Waals surface area contributed by atoms with E-state index in [4.69, 9.17) is 4.98 Å². The normalized spacial score (nSPS) is 19.5. The molecule has 0 atom stereocenters. The summed E-state index contributed by atoms with van der Waals surface area (Å²) in [6.07, 6.45) is 14.6. The van der Waals surface area contributed by atoms with E-state index in [1.807, 2.05) is 12.3 Å². The molecule has 1 fully saturated rings. The van der Waals surface area contributed by atoms with Crippen LogP contribution < -0.4 is 10.7 Å². The standard InChI is InChI=1S/C23H25N5O2/c1-16-20-21(30)19(29)14-27(26-20)15-23(8-3-4-9-23)28-11-7-18-12-17(13-25-22(18)28)6-2-5-10-24-16/h2,5,7,11-14,24,29H,1,3-4,6,8-10,15H2/b5-2-. The van der Waals surface area contributed by atoms with Gasteiger partial charge < -0.3 is 15.0 Å². The Bertz CT molecular complexity index is 1210. The van der Waals surface area contributed by atoms with Crippen LogP contribution in [0.5, 0.6) is 5.75 Å². The molecule has 6 bridgehead atoms. The summed E-state index contributed by atoms with van der Waals surface area (Å²) >= 11 is 0. The maximum Gasteiger partial charge on any atom is 0.251 e. The first-order valence-electron chi connectivity index (χ1n) is 10.4. The second kappa shape index (κ2) is 7.16. The molecule has 0 amide bonds. The van der Waals surface area contributed by atoms with Crippen LogP contribution in [0.4, 0.5) is 0 Å². The van der Waals surface area contributed by atoms with E-state index in [1.54, 1.807) is 4.68 Å². The Balaban J connectivity index is 1.69. The van der Waals surface area contributed by atoms with Gasteiger partial charge in [0, 0.05) is 24.3 Å². The Morgan fingerprint density at radius 2 is 2.07 bits per heavy atom. The molecule has 30 heavy (non-hydrogen) atoms. The van der Waals surface area contributed by atoms with Gasteiger partial charge in [-0.1, -0.05) is 31.6 Å². The van der Waals surface area contributed by atoms with Gasteiger partial charge in [0.2, 0.25) is 0 Å². The van der Waals surface area contributed by atoms with Crippen LogP contribution in [0.2, 0.25) is 0 Å². The second-order valence-electron chi connectivity index (χ2n) is 8.30. The quantitative estimate of drug-likeness (QED) is 0.564. The summed E-state index contributed by atoms with van der Waals surface area (Å²) in [6, 6.07) is 4.32. The highest BCUT2D eigenvalue weighted by molar-refractivity contribution is 5.77. The van der Waals surface area contributed by atoms with Crippen molar-refractivity contribution in [2.45, 2.75) is 44.2 Å². The third-order valence-electron chi connectivity index (χ3n) is 6.27. The topological polar surface area (TPSA) is 85.0 Å². The lowest BCUT2D eigenvalue weighted by molar-refractivity contribution is 0.240. The summed E-state index contributed by atoms with van der Waals surface area (Å²) in [5.41, 5.74) is 1.99. The third-order valence-corrected chi connectivity index (χ3v) is 6.27. The van der Waals surface area contributed by atoms with Crippen molar-refractivity contribution in [3.63, 3.8) is 0 Å². The molecule has 6 rings (SSSR count). The lowest BCUT2D eigenvalue weighted by Gasteiger charge is -2.32. The summed E-state index contributed by atoms with van der Waals surface area (Å²) in [5, 5.41) is 19.1. The van der Waals surface area contributed by atoms with Crippen LogP contribution in [0.3, 0.4) is 0 Å². The van der Waals surface area contributed by atoms with Gasteiger partial charge in [0.1, 0.15) is 5.65 Å². The number of allylic oxidation sites excluding steroid dienone is 1. The van der Waals surface area contributed by atoms with Crippen molar-refractivity contribution >= 4 is 16.7 Å². The van der Waals surface area contributed by atoms with Crippen molar-refractivity contribution in [1.82, 2.24) is 24.6 Å². The third kappa shape index (κ3) is 3.10. The van der Waals surface area contributed by atoms with Crippen molar-refractivity contribution < 1.29 is 5.11 Å². The van der Waals surface area contributed by atoms with Crippen LogP contribution in [0.25, 0.3) is 16.7 Å².